The molecule has 1 amide bonds. The van der Waals surface area contributed by atoms with E-state index in [4.69, 9.17) is 21.7 Å². The number of nitrogens with two attached hydrogens (primary N) is 2. The van der Waals surface area contributed by atoms with Crippen LogP contribution in [-0.2, 0) is 9.63 Å². The summed E-state index contributed by atoms with van der Waals surface area (Å²) in [6, 6.07) is -1.56. The fourth-order valence-corrected chi connectivity index (χ4v) is 0.431. The van der Waals surface area contributed by atoms with Crippen molar-refractivity contribution in [1.82, 2.24) is 5.48 Å². The molecule has 0 aromatic heterocycles. The van der Waals surface area contributed by atoms with Crippen molar-refractivity contribution in [3.05, 3.63) is 0 Å². The monoisotopic (exact) mass is 193 g/mol. The molecular weight excluding hydrogens is 178 g/mol. The lowest BCUT2D eigenvalue weighted by Crippen LogP contribution is -2.44. The van der Waals surface area contributed by atoms with Crippen molar-refractivity contribution >= 4 is 5.91 Å². The smallest absolute Gasteiger partial charge is 0.262 e. The van der Waals surface area contributed by atoms with Gasteiger partial charge >= 0.3 is 0 Å². The molecular formula is C6H15N3O4. The van der Waals surface area contributed by atoms with Crippen LogP contribution in [-0.4, -0.2) is 48.0 Å². The zero-order valence-corrected chi connectivity index (χ0v) is 7.14. The molecule has 2 unspecified atom stereocenters. The number of nitrogens with one attached hydrogen (secondary N) is 1. The van der Waals surface area contributed by atoms with E-state index in [1.165, 1.54) is 0 Å². The van der Waals surface area contributed by atoms with E-state index in [1.807, 2.05) is 5.48 Å². The molecule has 7 heteroatoms. The number of hydrogen-bond donors (Lipinski definition) is 5. The minimum absolute atomic E-state index is 0.0135. The predicted molar refractivity (Wildman–Crippen MR) is 44.2 cm³/mol. The minimum Gasteiger partial charge on any atom is -0.395 e. The molecule has 2 atom stereocenters. The van der Waals surface area contributed by atoms with Gasteiger partial charge in [-0.1, -0.05) is 0 Å². The first-order chi connectivity index (χ1) is 6.11. The number of carbonyl (C=O) groups excluding carboxylic acids is 1. The summed E-state index contributed by atoms with van der Waals surface area (Å²) >= 11 is 0. The summed E-state index contributed by atoms with van der Waals surface area (Å²) in [6.07, 6.45) is 0. The third-order valence-electron chi connectivity index (χ3n) is 1.24. The summed E-state index contributed by atoms with van der Waals surface area (Å²) in [4.78, 5) is 15.4. The molecule has 0 radical (unpaired) electrons. The van der Waals surface area contributed by atoms with Crippen molar-refractivity contribution in [2.75, 3.05) is 19.8 Å². The summed E-state index contributed by atoms with van der Waals surface area (Å²) in [5.41, 5.74) is 12.4. The SMILES string of the molecule is NC(CO)CONC(=O)C(N)CO. The van der Waals surface area contributed by atoms with Crippen LogP contribution in [0, 0.1) is 0 Å². The molecule has 0 bridgehead atoms. The van der Waals surface area contributed by atoms with E-state index >= 15 is 0 Å². The van der Waals surface area contributed by atoms with Crippen molar-refractivity contribution in [2.24, 2.45) is 11.5 Å². The quantitative estimate of drug-likeness (QED) is 0.280. The molecule has 7 nitrogen and oxygen atoms in total. The number of aliphatic hydroxyl groups excluding tert-OH is 2. The number of hydroxylamine groups is 1. The Morgan fingerprint density at radius 2 is 2.00 bits per heavy atom. The van der Waals surface area contributed by atoms with Crippen LogP contribution in [0.5, 0.6) is 0 Å². The van der Waals surface area contributed by atoms with E-state index < -0.39 is 24.6 Å². The largest absolute Gasteiger partial charge is 0.395 e. The first kappa shape index (κ1) is 12.3. The second-order valence-corrected chi connectivity index (χ2v) is 2.51. The summed E-state index contributed by atoms with van der Waals surface area (Å²) in [7, 11) is 0. The summed E-state index contributed by atoms with van der Waals surface area (Å²) < 4.78 is 0. The molecule has 7 N–H and O–H groups in total. The Bertz CT molecular complexity index is 155. The maximum Gasteiger partial charge on any atom is 0.262 e. The Labute approximate surface area is 75.6 Å². The van der Waals surface area contributed by atoms with Gasteiger partial charge in [0.2, 0.25) is 0 Å². The van der Waals surface area contributed by atoms with Gasteiger partial charge in [0.05, 0.1) is 25.9 Å². The van der Waals surface area contributed by atoms with Crippen LogP contribution in [0.4, 0.5) is 0 Å². The average Bonchev–Trinajstić information content (AvgIpc) is 2.15. The molecule has 0 saturated heterocycles. The van der Waals surface area contributed by atoms with E-state index in [1.54, 1.807) is 0 Å². The van der Waals surface area contributed by atoms with Gasteiger partial charge in [-0.3, -0.25) is 9.63 Å². The second kappa shape index (κ2) is 6.75. The minimum atomic E-state index is -1.01. The zero-order chi connectivity index (χ0) is 10.3. The Balaban J connectivity index is 3.47. The van der Waals surface area contributed by atoms with Gasteiger partial charge < -0.3 is 21.7 Å². The first-order valence-corrected chi connectivity index (χ1v) is 3.76. The van der Waals surface area contributed by atoms with Crippen LogP contribution in [0.15, 0.2) is 0 Å². The van der Waals surface area contributed by atoms with Gasteiger partial charge in [0, 0.05) is 0 Å². The van der Waals surface area contributed by atoms with Crippen molar-refractivity contribution in [1.29, 1.82) is 0 Å². The Morgan fingerprint density at radius 1 is 1.38 bits per heavy atom. The molecule has 0 saturated carbocycles. The topological polar surface area (TPSA) is 131 Å². The van der Waals surface area contributed by atoms with Gasteiger partial charge in [0.1, 0.15) is 6.04 Å². The number of aliphatic hydroxyl groups is 2. The molecule has 0 heterocycles. The van der Waals surface area contributed by atoms with E-state index in [0.29, 0.717) is 0 Å². The van der Waals surface area contributed by atoms with Gasteiger partial charge in [-0.05, 0) is 0 Å². The molecule has 0 fully saturated rings. The van der Waals surface area contributed by atoms with Crippen molar-refractivity contribution < 1.29 is 19.8 Å². The average molecular weight is 193 g/mol. The molecule has 0 aliphatic heterocycles. The van der Waals surface area contributed by atoms with Crippen molar-refractivity contribution in [2.45, 2.75) is 12.1 Å². The van der Waals surface area contributed by atoms with Crippen molar-refractivity contribution in [3.8, 4) is 0 Å². The third-order valence-corrected chi connectivity index (χ3v) is 1.24. The van der Waals surface area contributed by atoms with Crippen LogP contribution < -0.4 is 16.9 Å². The van der Waals surface area contributed by atoms with Crippen LogP contribution in [0.1, 0.15) is 0 Å². The van der Waals surface area contributed by atoms with Gasteiger partial charge in [-0.25, -0.2) is 5.48 Å². The number of carbonyl (C=O) groups is 1. The predicted octanol–water partition coefficient (Wildman–Crippen LogP) is -3.33. The maximum atomic E-state index is 10.8. The molecule has 0 aliphatic rings. The van der Waals surface area contributed by atoms with E-state index in [0.717, 1.165) is 0 Å². The highest BCUT2D eigenvalue weighted by Crippen LogP contribution is 1.80. The molecule has 0 aromatic rings. The molecule has 78 valence electrons. The lowest BCUT2D eigenvalue weighted by molar-refractivity contribution is -0.136. The Morgan fingerprint density at radius 3 is 2.46 bits per heavy atom. The van der Waals surface area contributed by atoms with Gasteiger partial charge in [0.25, 0.3) is 5.91 Å². The summed E-state index contributed by atoms with van der Waals surface area (Å²) in [6.45, 7) is -0.705. The second-order valence-electron chi connectivity index (χ2n) is 2.51. The van der Waals surface area contributed by atoms with Gasteiger partial charge in [-0.2, -0.15) is 0 Å². The zero-order valence-electron chi connectivity index (χ0n) is 7.14. The van der Waals surface area contributed by atoms with Crippen LogP contribution in [0.2, 0.25) is 0 Å². The highest BCUT2D eigenvalue weighted by Gasteiger charge is 2.11. The fourth-order valence-electron chi connectivity index (χ4n) is 0.431. The standard InChI is InChI=1S/C6H15N3O4/c7-4(1-10)3-13-9-6(12)5(8)2-11/h4-5,10-11H,1-3,7-8H2,(H,9,12). The number of amides is 1. The van der Waals surface area contributed by atoms with Crippen LogP contribution >= 0.6 is 0 Å². The third kappa shape index (κ3) is 5.50. The summed E-state index contributed by atoms with van der Waals surface area (Å²) in [5, 5.41) is 16.9. The van der Waals surface area contributed by atoms with E-state index in [9.17, 15) is 4.79 Å². The Kier molecular flexibility index (Phi) is 6.37. The van der Waals surface area contributed by atoms with E-state index in [-0.39, 0.29) is 13.2 Å². The van der Waals surface area contributed by atoms with Crippen LogP contribution in [0.25, 0.3) is 0 Å². The number of hydrogen-bond acceptors (Lipinski definition) is 6. The fraction of sp³-hybridized carbons (Fsp3) is 0.833. The Hall–Kier alpha value is -0.730. The molecule has 0 aliphatic carbocycles. The lowest BCUT2D eigenvalue weighted by atomic mass is 10.3. The highest BCUT2D eigenvalue weighted by molar-refractivity contribution is 5.80. The molecule has 0 aromatic carbocycles. The molecule has 0 rings (SSSR count). The highest BCUT2D eigenvalue weighted by atomic mass is 16.7. The first-order valence-electron chi connectivity index (χ1n) is 3.76. The number of rotatable bonds is 6. The van der Waals surface area contributed by atoms with Crippen LogP contribution in [0.3, 0.4) is 0 Å². The maximum absolute atomic E-state index is 10.8. The van der Waals surface area contributed by atoms with E-state index in [2.05, 4.69) is 4.84 Å². The molecule has 0 spiro atoms. The normalized spacial score (nSPS) is 15.1. The van der Waals surface area contributed by atoms with Crippen molar-refractivity contribution in [3.63, 3.8) is 0 Å². The molecule has 13 heavy (non-hydrogen) atoms. The van der Waals surface area contributed by atoms with Gasteiger partial charge in [-0.15, -0.1) is 0 Å². The van der Waals surface area contributed by atoms with Gasteiger partial charge in [0.15, 0.2) is 0 Å². The lowest BCUT2D eigenvalue weighted by Gasteiger charge is -2.11. The summed E-state index contributed by atoms with van der Waals surface area (Å²) in [5.74, 6) is -0.632.